The Kier molecular flexibility index (Phi) is 12.1. The van der Waals surface area contributed by atoms with Crippen LogP contribution < -0.4 is 26.2 Å². The van der Waals surface area contributed by atoms with Crippen LogP contribution in [0.3, 0.4) is 0 Å². The van der Waals surface area contributed by atoms with Crippen molar-refractivity contribution in [3.63, 3.8) is 0 Å². The van der Waals surface area contributed by atoms with Gasteiger partial charge in [-0.3, -0.25) is 9.59 Å². The van der Waals surface area contributed by atoms with E-state index in [1.54, 1.807) is 12.3 Å². The molecule has 0 bridgehead atoms. The molecular weight excluding hydrogens is 683 g/mol. The highest BCUT2D eigenvalue weighted by Crippen LogP contribution is 2.40. The number of hydrogen-bond donors (Lipinski definition) is 5. The van der Waals surface area contributed by atoms with E-state index in [0.29, 0.717) is 18.0 Å². The fourth-order valence-electron chi connectivity index (χ4n) is 5.63. The number of furan rings is 1. The first kappa shape index (κ1) is 37.5. The summed E-state index contributed by atoms with van der Waals surface area (Å²) in [6, 6.07) is 20.5. The minimum atomic E-state index is -4.57. The Morgan fingerprint density at radius 3 is 2.45 bits per heavy atom. The van der Waals surface area contributed by atoms with Gasteiger partial charge in [0.1, 0.15) is 11.8 Å². The third-order valence-electron chi connectivity index (χ3n) is 8.27. The van der Waals surface area contributed by atoms with E-state index in [0.717, 1.165) is 46.1 Å². The van der Waals surface area contributed by atoms with Crippen LogP contribution in [0.25, 0.3) is 11.1 Å². The van der Waals surface area contributed by atoms with Crippen molar-refractivity contribution < 1.29 is 37.1 Å². The molecule has 1 aliphatic heterocycles. The van der Waals surface area contributed by atoms with Crippen molar-refractivity contribution in [1.82, 2.24) is 21.3 Å². The van der Waals surface area contributed by atoms with E-state index in [-0.39, 0.29) is 49.2 Å². The van der Waals surface area contributed by atoms with Crippen LogP contribution in [0.4, 0.5) is 23.7 Å². The maximum Gasteiger partial charge on any atom is 0.416 e. The number of anilines is 1. The number of nitrogens with one attached hydrogen (secondary N) is 4. The molecule has 5 N–H and O–H groups in total. The predicted octanol–water partition coefficient (Wildman–Crippen LogP) is 5.84. The Hall–Kier alpha value is -4.79. The third kappa shape index (κ3) is 10.1. The normalized spacial score (nSPS) is 14.8. The summed E-state index contributed by atoms with van der Waals surface area (Å²) in [5.74, 6) is -0.0527. The molecular formula is C37H40F3N5O5S. The van der Waals surface area contributed by atoms with Crippen molar-refractivity contribution in [1.29, 1.82) is 0 Å². The average Bonchev–Trinajstić information content (AvgIpc) is 3.59. The second-order valence-electron chi connectivity index (χ2n) is 12.7. The highest BCUT2D eigenvalue weighted by Gasteiger charge is 2.36. The molecule has 4 aromatic rings. The lowest BCUT2D eigenvalue weighted by atomic mass is 9.98. The van der Waals surface area contributed by atoms with Gasteiger partial charge in [-0.15, -0.1) is 11.8 Å². The molecule has 0 saturated carbocycles. The van der Waals surface area contributed by atoms with Crippen molar-refractivity contribution in [2.45, 2.75) is 62.6 Å². The third-order valence-corrected chi connectivity index (χ3v) is 9.40. The van der Waals surface area contributed by atoms with E-state index < -0.39 is 35.3 Å². The number of nitrogens with zero attached hydrogens (tertiary/aromatic N) is 1. The summed E-state index contributed by atoms with van der Waals surface area (Å²) in [4.78, 5) is 41.1. The number of benzene rings is 3. The van der Waals surface area contributed by atoms with Crippen LogP contribution >= 0.6 is 11.8 Å². The van der Waals surface area contributed by atoms with Gasteiger partial charge in [-0.1, -0.05) is 48.5 Å². The number of fused-ring (bicyclic) bond motifs is 1. The van der Waals surface area contributed by atoms with Gasteiger partial charge in [0.05, 0.1) is 37.2 Å². The molecule has 0 saturated heterocycles. The first-order valence-corrected chi connectivity index (χ1v) is 17.3. The SMILES string of the molecule is CC(C)(CC(=O)N[C@@H]1CSc2cc(C(F)(F)F)ccc2N(Cc2ccc(-c3ccccc3CNC(=O)NCCO)cc2)C1=O)NCc1ccco1. The standard InChI is InChI=1S/C37H40F3N5O5S/c1-36(2,43-21-28-7-5-17-50-28)19-33(47)44-30-23-51-32-18-27(37(38,39)40)13-14-31(32)45(34(30)48)22-24-9-11-25(12-10-24)29-8-4-3-6-26(29)20-42-35(49)41-15-16-46/h3-14,17-18,30,43,46H,15-16,19-23H2,1-2H3,(H,44,47)(H2,41,42,49)/t30-/m1/s1. The number of urea groups is 1. The molecule has 5 rings (SSSR count). The zero-order valence-corrected chi connectivity index (χ0v) is 29.0. The van der Waals surface area contributed by atoms with Gasteiger partial charge in [-0.2, -0.15) is 13.2 Å². The minimum absolute atomic E-state index is 0.0408. The Morgan fingerprint density at radius 1 is 0.980 bits per heavy atom. The number of thioether (sulfide) groups is 1. The van der Waals surface area contributed by atoms with E-state index in [4.69, 9.17) is 9.52 Å². The number of alkyl halides is 3. The molecule has 0 aliphatic carbocycles. The van der Waals surface area contributed by atoms with Crippen LogP contribution in [0.2, 0.25) is 0 Å². The molecule has 1 atom stereocenters. The molecule has 2 heterocycles. The average molecular weight is 724 g/mol. The molecule has 0 spiro atoms. The van der Waals surface area contributed by atoms with Crippen molar-refractivity contribution in [3.8, 4) is 11.1 Å². The van der Waals surface area contributed by atoms with Crippen LogP contribution in [0.5, 0.6) is 0 Å². The van der Waals surface area contributed by atoms with E-state index in [9.17, 15) is 27.6 Å². The van der Waals surface area contributed by atoms with Crippen molar-refractivity contribution >= 4 is 35.3 Å². The van der Waals surface area contributed by atoms with Crippen LogP contribution in [0, 0.1) is 0 Å². The van der Waals surface area contributed by atoms with Gasteiger partial charge in [-0.25, -0.2) is 4.79 Å². The van der Waals surface area contributed by atoms with Crippen LogP contribution in [0.1, 0.15) is 42.7 Å². The summed E-state index contributed by atoms with van der Waals surface area (Å²) >= 11 is 1.09. The smallest absolute Gasteiger partial charge is 0.416 e. The maximum atomic E-state index is 14.1. The Balaban J connectivity index is 1.34. The van der Waals surface area contributed by atoms with Gasteiger partial charge in [0.15, 0.2) is 0 Å². The van der Waals surface area contributed by atoms with Crippen molar-refractivity contribution in [2.75, 3.05) is 23.8 Å². The summed E-state index contributed by atoms with van der Waals surface area (Å²) in [6.07, 6.45) is -2.96. The Morgan fingerprint density at radius 2 is 1.75 bits per heavy atom. The van der Waals surface area contributed by atoms with E-state index in [1.165, 1.54) is 11.0 Å². The van der Waals surface area contributed by atoms with Crippen molar-refractivity contribution in [3.05, 3.63) is 108 Å². The van der Waals surface area contributed by atoms with Crippen LogP contribution in [-0.2, 0) is 35.4 Å². The lowest BCUT2D eigenvalue weighted by molar-refractivity contribution is -0.137. The van der Waals surface area contributed by atoms with Gasteiger partial charge in [0.25, 0.3) is 5.91 Å². The van der Waals surface area contributed by atoms with E-state index in [2.05, 4.69) is 21.3 Å². The molecule has 51 heavy (non-hydrogen) atoms. The summed E-state index contributed by atoms with van der Waals surface area (Å²) in [5.41, 5.74) is 2.17. The number of rotatable bonds is 13. The quantitative estimate of drug-likeness (QED) is 0.117. The molecule has 0 radical (unpaired) electrons. The monoisotopic (exact) mass is 723 g/mol. The summed E-state index contributed by atoms with van der Waals surface area (Å²) in [6.45, 7) is 4.38. The molecule has 0 fully saturated rings. The molecule has 0 unspecified atom stereocenters. The van der Waals surface area contributed by atoms with Gasteiger partial charge >= 0.3 is 12.2 Å². The lowest BCUT2D eigenvalue weighted by Gasteiger charge is -2.28. The number of halogens is 3. The Bertz CT molecular complexity index is 1820. The van der Waals surface area contributed by atoms with E-state index in [1.807, 2.05) is 68.4 Å². The van der Waals surface area contributed by atoms with Gasteiger partial charge in [0.2, 0.25) is 5.91 Å². The zero-order chi connectivity index (χ0) is 36.6. The molecule has 1 aromatic heterocycles. The molecule has 3 aromatic carbocycles. The fraction of sp³-hybridized carbons (Fsp3) is 0.324. The topological polar surface area (TPSA) is 136 Å². The van der Waals surface area contributed by atoms with Gasteiger partial charge in [-0.05, 0) is 66.4 Å². The largest absolute Gasteiger partial charge is 0.468 e. The molecule has 1 aliphatic rings. The predicted molar refractivity (Wildman–Crippen MR) is 189 cm³/mol. The first-order valence-electron chi connectivity index (χ1n) is 16.3. The van der Waals surface area contributed by atoms with E-state index >= 15 is 0 Å². The maximum absolute atomic E-state index is 14.1. The number of aliphatic hydroxyl groups excluding tert-OH is 1. The van der Waals surface area contributed by atoms with Crippen LogP contribution in [-0.4, -0.2) is 53.4 Å². The number of amides is 4. The molecule has 4 amide bonds. The minimum Gasteiger partial charge on any atom is -0.468 e. The van der Waals surface area contributed by atoms with Gasteiger partial charge in [0, 0.05) is 35.7 Å². The summed E-state index contributed by atoms with van der Waals surface area (Å²) in [5, 5.41) is 20.4. The number of carbonyl (C=O) groups excluding carboxylic acids is 3. The number of carbonyl (C=O) groups is 3. The summed E-state index contributed by atoms with van der Waals surface area (Å²) in [7, 11) is 0. The second-order valence-corrected chi connectivity index (χ2v) is 13.8. The number of hydrogen-bond acceptors (Lipinski definition) is 7. The molecule has 270 valence electrons. The highest BCUT2D eigenvalue weighted by molar-refractivity contribution is 7.99. The second kappa shape index (κ2) is 16.5. The summed E-state index contributed by atoms with van der Waals surface area (Å²) < 4.78 is 46.4. The lowest BCUT2D eigenvalue weighted by Crippen LogP contribution is -2.51. The van der Waals surface area contributed by atoms with Crippen LogP contribution in [0.15, 0.2) is 94.4 Å². The molecule has 10 nitrogen and oxygen atoms in total. The zero-order valence-electron chi connectivity index (χ0n) is 28.2. The van der Waals surface area contributed by atoms with Crippen molar-refractivity contribution in [2.24, 2.45) is 0 Å². The first-order chi connectivity index (χ1) is 24.3. The Labute approximate surface area is 298 Å². The van der Waals surface area contributed by atoms with Gasteiger partial charge < -0.3 is 35.7 Å². The highest BCUT2D eigenvalue weighted by atomic mass is 32.2. The fourth-order valence-corrected chi connectivity index (χ4v) is 6.74. The molecule has 14 heteroatoms. The number of aliphatic hydroxyl groups is 1.